The Balaban J connectivity index is 0.00000155. The molecule has 8 nitrogen and oxygen atoms in total. The number of hydrogen-bond donors (Lipinski definition) is 2. The molecule has 0 aliphatic rings. The van der Waals surface area contributed by atoms with E-state index in [0.29, 0.717) is 48.2 Å². The van der Waals surface area contributed by atoms with Gasteiger partial charge in [-0.3, -0.25) is 4.79 Å². The van der Waals surface area contributed by atoms with Crippen molar-refractivity contribution in [2.45, 2.75) is 27.0 Å². The molecule has 3 aromatic rings. The summed E-state index contributed by atoms with van der Waals surface area (Å²) in [6, 6.07) is 10.8. The van der Waals surface area contributed by atoms with Crippen molar-refractivity contribution in [2.24, 2.45) is 0 Å². The predicted molar refractivity (Wildman–Crippen MR) is 115 cm³/mol. The number of nitrogens with zero attached hydrogens (tertiary/aromatic N) is 1. The van der Waals surface area contributed by atoms with E-state index in [-0.39, 0.29) is 18.3 Å². The highest BCUT2D eigenvalue weighted by Crippen LogP contribution is 2.24. The third kappa shape index (κ3) is 6.20. The van der Waals surface area contributed by atoms with Crippen LogP contribution < -0.4 is 15.8 Å². The number of rotatable bonds is 9. The topological polar surface area (TPSA) is 109 Å². The molecule has 2 heterocycles. The van der Waals surface area contributed by atoms with Crippen LogP contribution in [-0.4, -0.2) is 38.3 Å². The number of fused-ring (bicyclic) bond motifs is 1. The number of benzene rings is 1. The Labute approximate surface area is 176 Å². The molecule has 3 rings (SSSR count). The zero-order valence-corrected chi connectivity index (χ0v) is 17.9. The molecule has 0 spiro atoms. The van der Waals surface area contributed by atoms with Crippen molar-refractivity contribution < 1.29 is 23.4 Å². The molecule has 1 amide bonds. The van der Waals surface area contributed by atoms with Crippen molar-refractivity contribution >= 4 is 22.7 Å². The van der Waals surface area contributed by atoms with E-state index in [0.717, 1.165) is 5.39 Å². The zero-order chi connectivity index (χ0) is 21.9. The van der Waals surface area contributed by atoms with Crippen LogP contribution in [0.3, 0.4) is 0 Å². The van der Waals surface area contributed by atoms with Gasteiger partial charge in [-0.25, -0.2) is 4.98 Å². The van der Waals surface area contributed by atoms with E-state index in [1.807, 2.05) is 38.1 Å². The van der Waals surface area contributed by atoms with Gasteiger partial charge in [0, 0.05) is 25.7 Å². The molecule has 0 bridgehead atoms. The smallest absolute Gasteiger partial charge is 0.255 e. The maximum Gasteiger partial charge on any atom is 0.255 e. The summed E-state index contributed by atoms with van der Waals surface area (Å²) in [5.74, 6) is 1.16. The SMILES string of the molecule is CC.COCCOc1ccc2cc(CNC(=O)c3ccc(COC)nc3N)oc2c1. The summed E-state index contributed by atoms with van der Waals surface area (Å²) in [4.78, 5) is 16.5. The van der Waals surface area contributed by atoms with Crippen LogP contribution in [0.1, 0.15) is 35.7 Å². The number of nitrogen functional groups attached to an aromatic ring is 1. The summed E-state index contributed by atoms with van der Waals surface area (Å²) in [6.45, 7) is 5.54. The standard InChI is InChI=1S/C20H23N3O5.C2H6/c1-25-7-8-27-15-5-3-13-9-16(28-18(13)10-15)11-22-20(24)17-6-4-14(12-26-2)23-19(17)21;1-2/h3-6,9-10H,7-8,11-12H2,1-2H3,(H2,21,23)(H,22,24);1-2H3. The highest BCUT2D eigenvalue weighted by atomic mass is 16.5. The van der Waals surface area contributed by atoms with E-state index in [1.165, 1.54) is 0 Å². The first-order valence-corrected chi connectivity index (χ1v) is 9.77. The molecule has 0 radical (unpaired) electrons. The van der Waals surface area contributed by atoms with Crippen LogP contribution in [0.15, 0.2) is 40.8 Å². The normalized spacial score (nSPS) is 10.4. The van der Waals surface area contributed by atoms with Gasteiger partial charge in [-0.2, -0.15) is 0 Å². The number of furan rings is 1. The van der Waals surface area contributed by atoms with Gasteiger partial charge in [-0.1, -0.05) is 13.8 Å². The Morgan fingerprint density at radius 3 is 2.60 bits per heavy atom. The Kier molecular flexibility index (Phi) is 9.11. The second kappa shape index (κ2) is 11.8. The first-order chi connectivity index (χ1) is 14.6. The number of hydrogen-bond acceptors (Lipinski definition) is 7. The highest BCUT2D eigenvalue weighted by molar-refractivity contribution is 5.98. The minimum absolute atomic E-state index is 0.162. The molecule has 0 atom stereocenters. The number of carbonyl (C=O) groups is 1. The lowest BCUT2D eigenvalue weighted by molar-refractivity contribution is 0.0948. The fourth-order valence-corrected chi connectivity index (χ4v) is 2.69. The quantitative estimate of drug-likeness (QED) is 0.515. The maximum atomic E-state index is 12.4. The van der Waals surface area contributed by atoms with E-state index in [1.54, 1.807) is 26.4 Å². The number of pyridine rings is 1. The van der Waals surface area contributed by atoms with Gasteiger partial charge in [0.2, 0.25) is 0 Å². The largest absolute Gasteiger partial charge is 0.491 e. The predicted octanol–water partition coefficient (Wildman–Crippen LogP) is 3.54. The van der Waals surface area contributed by atoms with Crippen LogP contribution in [0.2, 0.25) is 0 Å². The Morgan fingerprint density at radius 1 is 1.10 bits per heavy atom. The first-order valence-electron chi connectivity index (χ1n) is 9.77. The van der Waals surface area contributed by atoms with Crippen molar-refractivity contribution in [3.05, 3.63) is 53.4 Å². The molecule has 0 unspecified atom stereocenters. The van der Waals surface area contributed by atoms with Crippen molar-refractivity contribution in [1.29, 1.82) is 0 Å². The average molecular weight is 415 g/mol. The minimum atomic E-state index is -0.321. The van der Waals surface area contributed by atoms with Gasteiger partial charge in [0.25, 0.3) is 5.91 Å². The van der Waals surface area contributed by atoms with E-state index in [4.69, 9.17) is 24.4 Å². The fourth-order valence-electron chi connectivity index (χ4n) is 2.69. The molecule has 0 aliphatic heterocycles. The van der Waals surface area contributed by atoms with Crippen LogP contribution in [0.4, 0.5) is 5.82 Å². The number of ether oxygens (including phenoxy) is 3. The average Bonchev–Trinajstić information content (AvgIpc) is 3.16. The number of anilines is 1. The molecular formula is C22H29N3O5. The Bertz CT molecular complexity index is 955. The van der Waals surface area contributed by atoms with Crippen LogP contribution in [0, 0.1) is 0 Å². The van der Waals surface area contributed by atoms with Gasteiger partial charge in [0.1, 0.15) is 29.5 Å². The van der Waals surface area contributed by atoms with E-state index in [9.17, 15) is 4.79 Å². The van der Waals surface area contributed by atoms with E-state index < -0.39 is 0 Å². The molecule has 0 saturated heterocycles. The lowest BCUT2D eigenvalue weighted by Crippen LogP contribution is -2.24. The fraction of sp³-hybridized carbons (Fsp3) is 0.364. The number of aromatic nitrogens is 1. The lowest BCUT2D eigenvalue weighted by atomic mass is 10.2. The first kappa shape index (κ1) is 23.2. The third-order valence-corrected chi connectivity index (χ3v) is 4.04. The van der Waals surface area contributed by atoms with Crippen LogP contribution >= 0.6 is 0 Å². The number of methoxy groups -OCH3 is 2. The van der Waals surface area contributed by atoms with Crippen molar-refractivity contribution in [3.8, 4) is 5.75 Å². The Morgan fingerprint density at radius 2 is 1.90 bits per heavy atom. The van der Waals surface area contributed by atoms with Crippen molar-refractivity contribution in [1.82, 2.24) is 10.3 Å². The molecule has 0 fully saturated rings. The van der Waals surface area contributed by atoms with Gasteiger partial charge >= 0.3 is 0 Å². The van der Waals surface area contributed by atoms with Crippen LogP contribution in [0.5, 0.6) is 5.75 Å². The number of amides is 1. The summed E-state index contributed by atoms with van der Waals surface area (Å²) < 4.78 is 21.3. The molecule has 0 aliphatic carbocycles. The summed E-state index contributed by atoms with van der Waals surface area (Å²) in [7, 11) is 3.19. The molecular weight excluding hydrogens is 386 g/mol. The zero-order valence-electron chi connectivity index (χ0n) is 17.9. The maximum absolute atomic E-state index is 12.4. The molecule has 0 saturated carbocycles. The number of nitrogens with one attached hydrogen (secondary N) is 1. The van der Waals surface area contributed by atoms with Gasteiger partial charge in [-0.15, -0.1) is 0 Å². The second-order valence-electron chi connectivity index (χ2n) is 6.10. The molecule has 30 heavy (non-hydrogen) atoms. The Hall–Kier alpha value is -3.10. The molecule has 1 aromatic carbocycles. The molecule has 162 valence electrons. The third-order valence-electron chi connectivity index (χ3n) is 4.04. The number of carbonyl (C=O) groups excluding carboxylic acids is 1. The van der Waals surface area contributed by atoms with E-state index in [2.05, 4.69) is 10.3 Å². The van der Waals surface area contributed by atoms with Crippen LogP contribution in [-0.2, 0) is 22.6 Å². The van der Waals surface area contributed by atoms with E-state index >= 15 is 0 Å². The number of nitrogens with two attached hydrogens (primary N) is 1. The summed E-state index contributed by atoms with van der Waals surface area (Å²) in [6.07, 6.45) is 0. The lowest BCUT2D eigenvalue weighted by Gasteiger charge is -2.07. The molecule has 3 N–H and O–H groups in total. The monoisotopic (exact) mass is 415 g/mol. The van der Waals surface area contributed by atoms with Gasteiger partial charge < -0.3 is 29.7 Å². The highest BCUT2D eigenvalue weighted by Gasteiger charge is 2.13. The van der Waals surface area contributed by atoms with Gasteiger partial charge in [0.05, 0.1) is 31.0 Å². The minimum Gasteiger partial charge on any atom is -0.491 e. The van der Waals surface area contributed by atoms with Gasteiger partial charge in [0.15, 0.2) is 0 Å². The van der Waals surface area contributed by atoms with Crippen molar-refractivity contribution in [3.63, 3.8) is 0 Å². The van der Waals surface area contributed by atoms with Crippen molar-refractivity contribution in [2.75, 3.05) is 33.2 Å². The second-order valence-corrected chi connectivity index (χ2v) is 6.10. The van der Waals surface area contributed by atoms with Gasteiger partial charge in [-0.05, 0) is 30.3 Å². The molecule has 8 heteroatoms. The summed E-state index contributed by atoms with van der Waals surface area (Å²) in [5.41, 5.74) is 7.53. The summed E-state index contributed by atoms with van der Waals surface area (Å²) in [5, 5.41) is 3.72. The van der Waals surface area contributed by atoms with Crippen LogP contribution in [0.25, 0.3) is 11.0 Å². The summed E-state index contributed by atoms with van der Waals surface area (Å²) >= 11 is 0. The molecule has 2 aromatic heterocycles.